The summed E-state index contributed by atoms with van der Waals surface area (Å²) in [6.07, 6.45) is 5.46. The smallest absolute Gasteiger partial charge is 0.363 e. The molecular formula is C23H34F3N2O8P. The third-order valence-electron chi connectivity index (χ3n) is 5.80. The van der Waals surface area contributed by atoms with Gasteiger partial charge < -0.3 is 14.4 Å². The van der Waals surface area contributed by atoms with Crippen LogP contribution in [-0.4, -0.2) is 46.5 Å². The third kappa shape index (κ3) is 10.4. The zero-order chi connectivity index (χ0) is 27.5. The molecule has 0 amide bonds. The maximum Gasteiger partial charge on any atom is 0.472 e. The average molecular weight is 554 g/mol. The molecule has 0 aromatic carbocycles. The summed E-state index contributed by atoms with van der Waals surface area (Å²) < 4.78 is 73.3. The average Bonchev–Trinajstić information content (AvgIpc) is 3.22. The summed E-state index contributed by atoms with van der Waals surface area (Å²) in [5.41, 5.74) is -4.28. The normalized spacial score (nSPS) is 21.6. The van der Waals surface area contributed by atoms with Crippen LogP contribution in [0.5, 0.6) is 0 Å². The molecule has 1 aliphatic heterocycles. The predicted molar refractivity (Wildman–Crippen MR) is 128 cm³/mol. The molecule has 0 spiro atoms. The second kappa shape index (κ2) is 14.9. The Hall–Kier alpha value is -1.94. The Morgan fingerprint density at radius 3 is 2.46 bits per heavy atom. The molecule has 1 saturated heterocycles. The summed E-state index contributed by atoms with van der Waals surface area (Å²) in [4.78, 5) is 35.3. The second-order valence-corrected chi connectivity index (χ2v) is 10.2. The van der Waals surface area contributed by atoms with Gasteiger partial charge in [-0.1, -0.05) is 57.8 Å². The number of nitrogens with zero attached hydrogens (tertiary/aromatic N) is 1. The highest BCUT2D eigenvalue weighted by atomic mass is 31.2. The van der Waals surface area contributed by atoms with E-state index in [0.29, 0.717) is 17.2 Å². The van der Waals surface area contributed by atoms with Gasteiger partial charge in [-0.05, 0) is 6.42 Å². The lowest BCUT2D eigenvalue weighted by Gasteiger charge is -2.20. The van der Waals surface area contributed by atoms with Crippen LogP contribution in [0.3, 0.4) is 0 Å². The van der Waals surface area contributed by atoms with Crippen LogP contribution in [0, 0.1) is 12.3 Å². The van der Waals surface area contributed by atoms with E-state index in [1.807, 2.05) is 0 Å². The van der Waals surface area contributed by atoms with Gasteiger partial charge in [0.05, 0.1) is 19.3 Å². The number of aromatic nitrogens is 2. The zero-order valence-corrected chi connectivity index (χ0v) is 21.6. The minimum absolute atomic E-state index is 0.0148. The lowest BCUT2D eigenvalue weighted by Crippen LogP contribution is -2.36. The highest BCUT2D eigenvalue weighted by molar-refractivity contribution is 7.47. The molecule has 0 aliphatic carbocycles. The van der Waals surface area contributed by atoms with Crippen molar-refractivity contribution in [3.63, 3.8) is 0 Å². The number of hydrogen-bond acceptors (Lipinski definition) is 7. The molecule has 2 rings (SSSR count). The molecule has 1 aliphatic rings. The van der Waals surface area contributed by atoms with E-state index in [4.69, 9.17) is 24.9 Å². The van der Waals surface area contributed by atoms with E-state index in [2.05, 4.69) is 12.8 Å². The Morgan fingerprint density at radius 2 is 1.84 bits per heavy atom. The van der Waals surface area contributed by atoms with Gasteiger partial charge in [-0.25, -0.2) is 9.36 Å². The highest BCUT2D eigenvalue weighted by Gasteiger charge is 2.41. The maximum absolute atomic E-state index is 13.1. The number of halogens is 3. The molecule has 10 nitrogen and oxygen atoms in total. The summed E-state index contributed by atoms with van der Waals surface area (Å²) in [5.74, 6) is 2.24. The van der Waals surface area contributed by atoms with Crippen LogP contribution in [0.2, 0.25) is 0 Å². The third-order valence-corrected chi connectivity index (χ3v) is 6.78. The number of terminal acetylenes is 1. The predicted octanol–water partition coefficient (Wildman–Crippen LogP) is 4.14. The number of H-pyrrole nitrogens is 1. The quantitative estimate of drug-likeness (QED) is 0.177. The minimum Gasteiger partial charge on any atom is -0.363 e. The number of phosphoric acid groups is 1. The largest absolute Gasteiger partial charge is 0.472 e. The first-order valence-electron chi connectivity index (χ1n) is 12.2. The number of unbranched alkanes of at least 4 members (excludes halogenated alkanes) is 7. The molecule has 0 radical (unpaired) electrons. The number of aromatic amines is 1. The molecule has 1 aromatic heterocycles. The van der Waals surface area contributed by atoms with Gasteiger partial charge in [-0.15, -0.1) is 6.42 Å². The van der Waals surface area contributed by atoms with Crippen molar-refractivity contribution in [3.8, 4) is 12.3 Å². The number of alkyl halides is 3. The Kier molecular flexibility index (Phi) is 12.6. The van der Waals surface area contributed by atoms with Crippen molar-refractivity contribution in [2.24, 2.45) is 0 Å². The molecule has 14 heteroatoms. The van der Waals surface area contributed by atoms with E-state index in [9.17, 15) is 32.2 Å². The zero-order valence-electron chi connectivity index (χ0n) is 20.7. The molecular weight excluding hydrogens is 520 g/mol. The molecule has 0 bridgehead atoms. The van der Waals surface area contributed by atoms with Gasteiger partial charge in [-0.3, -0.25) is 23.4 Å². The van der Waals surface area contributed by atoms with Crippen LogP contribution in [0.15, 0.2) is 15.8 Å². The number of hydrogen-bond donors (Lipinski definition) is 2. The SMILES string of the molecule is C#CCO[C@H]1C[C@H](n2cc(C(F)(F)F)c(=O)[nH]c2=O)O[C@@H]1COP(=O)(O)OCCCCCCCCCC. The molecule has 2 N–H and O–H groups in total. The summed E-state index contributed by atoms with van der Waals surface area (Å²) in [5, 5.41) is 0. The number of phosphoric ester groups is 1. The second-order valence-electron chi connectivity index (χ2n) is 8.70. The molecule has 1 unspecified atom stereocenters. The van der Waals surface area contributed by atoms with Crippen molar-refractivity contribution in [1.82, 2.24) is 9.55 Å². The lowest BCUT2D eigenvalue weighted by molar-refractivity contribution is -0.139. The van der Waals surface area contributed by atoms with Gasteiger partial charge in [0, 0.05) is 12.6 Å². The van der Waals surface area contributed by atoms with E-state index in [0.717, 1.165) is 25.7 Å². The van der Waals surface area contributed by atoms with Crippen molar-refractivity contribution in [3.05, 3.63) is 32.6 Å². The van der Waals surface area contributed by atoms with Crippen LogP contribution < -0.4 is 11.2 Å². The summed E-state index contributed by atoms with van der Waals surface area (Å²) in [6.45, 7) is 1.47. The lowest BCUT2D eigenvalue weighted by atomic mass is 10.1. The molecule has 2 heterocycles. The minimum atomic E-state index is -5.00. The topological polar surface area (TPSA) is 129 Å². The van der Waals surface area contributed by atoms with Crippen molar-refractivity contribution in [1.29, 1.82) is 0 Å². The summed E-state index contributed by atoms with van der Waals surface area (Å²) in [6, 6.07) is 0. The monoisotopic (exact) mass is 554 g/mol. The van der Waals surface area contributed by atoms with Gasteiger partial charge in [0.25, 0.3) is 5.56 Å². The Balaban J connectivity index is 1.93. The maximum atomic E-state index is 13.1. The van der Waals surface area contributed by atoms with Gasteiger partial charge in [0.1, 0.15) is 24.5 Å². The molecule has 1 aromatic rings. The Morgan fingerprint density at radius 1 is 1.19 bits per heavy atom. The van der Waals surface area contributed by atoms with Crippen molar-refractivity contribution in [2.75, 3.05) is 19.8 Å². The number of ether oxygens (including phenoxy) is 2. The van der Waals surface area contributed by atoms with Crippen molar-refractivity contribution < 1.29 is 41.2 Å². The molecule has 0 saturated carbocycles. The van der Waals surface area contributed by atoms with Crippen LogP contribution in [0.4, 0.5) is 13.2 Å². The molecule has 1 fully saturated rings. The van der Waals surface area contributed by atoms with Crippen LogP contribution in [-0.2, 0) is 29.3 Å². The van der Waals surface area contributed by atoms with Crippen molar-refractivity contribution >= 4 is 7.82 Å². The fourth-order valence-electron chi connectivity index (χ4n) is 3.87. The van der Waals surface area contributed by atoms with E-state index in [1.54, 1.807) is 4.98 Å². The van der Waals surface area contributed by atoms with Gasteiger partial charge in [0.2, 0.25) is 0 Å². The van der Waals surface area contributed by atoms with Gasteiger partial charge >= 0.3 is 19.7 Å². The standard InChI is InChI=1S/C23H34F3N2O8P/c1-3-5-6-7-8-9-10-11-13-34-37(31,32)35-16-19-18(33-12-4-2)14-20(36-19)28-15-17(23(24,25)26)21(29)27-22(28)30/h2,15,18-20H,3,5-14,16H2,1H3,(H,31,32)(H,27,29,30)/t18-,19+,20+/m0/s1. The first-order chi connectivity index (χ1) is 17.5. The fraction of sp³-hybridized carbons (Fsp3) is 0.739. The molecule has 210 valence electrons. The van der Waals surface area contributed by atoms with E-state index in [-0.39, 0.29) is 19.6 Å². The van der Waals surface area contributed by atoms with E-state index >= 15 is 0 Å². The van der Waals surface area contributed by atoms with Gasteiger partial charge in [-0.2, -0.15) is 13.2 Å². The first-order valence-corrected chi connectivity index (χ1v) is 13.7. The summed E-state index contributed by atoms with van der Waals surface area (Å²) >= 11 is 0. The first kappa shape index (κ1) is 31.3. The van der Waals surface area contributed by atoms with E-state index < -0.39 is 55.9 Å². The van der Waals surface area contributed by atoms with Crippen molar-refractivity contribution in [2.45, 2.75) is 89.3 Å². The molecule has 4 atom stereocenters. The van der Waals surface area contributed by atoms with Crippen LogP contribution >= 0.6 is 7.82 Å². The highest BCUT2D eigenvalue weighted by Crippen LogP contribution is 2.44. The van der Waals surface area contributed by atoms with Crippen LogP contribution in [0.1, 0.15) is 76.5 Å². The van der Waals surface area contributed by atoms with E-state index in [1.165, 1.54) is 19.3 Å². The number of nitrogens with one attached hydrogen (secondary N) is 1. The van der Waals surface area contributed by atoms with Crippen LogP contribution in [0.25, 0.3) is 0 Å². The Bertz CT molecular complexity index is 1050. The Labute approximate surface area is 213 Å². The fourth-order valence-corrected chi connectivity index (χ4v) is 4.64. The van der Waals surface area contributed by atoms with Gasteiger partial charge in [0.15, 0.2) is 0 Å². The molecule has 37 heavy (non-hydrogen) atoms. The summed E-state index contributed by atoms with van der Waals surface area (Å²) in [7, 11) is -4.45. The number of rotatable bonds is 16.